The number of hydrogen-bond donors (Lipinski definition) is 0. The minimum Gasteiger partial charge on any atom is -0.391 e. The van der Waals surface area contributed by atoms with Crippen molar-refractivity contribution in [3.63, 3.8) is 0 Å². The first-order chi connectivity index (χ1) is 9.40. The SMILES string of the molecule is CCO[Si](CC(SOC(C)=O)C(C)C)(OCC)OCC. The molecule has 0 aromatic heterocycles. The molecule has 0 amide bonds. The van der Waals surface area contributed by atoms with E-state index in [0.29, 0.717) is 31.8 Å². The van der Waals surface area contributed by atoms with Crippen molar-refractivity contribution in [1.29, 1.82) is 0 Å². The molecule has 20 heavy (non-hydrogen) atoms. The summed E-state index contributed by atoms with van der Waals surface area (Å²) >= 11 is 1.19. The molecule has 1 atom stereocenters. The summed E-state index contributed by atoms with van der Waals surface area (Å²) in [5, 5.41) is 0.0928. The van der Waals surface area contributed by atoms with E-state index in [-0.39, 0.29) is 11.2 Å². The Morgan fingerprint density at radius 2 is 1.50 bits per heavy atom. The molecule has 0 bridgehead atoms. The van der Waals surface area contributed by atoms with E-state index in [2.05, 4.69) is 13.8 Å². The number of carbonyl (C=O) groups is 1. The number of rotatable bonds is 11. The summed E-state index contributed by atoms with van der Waals surface area (Å²) in [6.45, 7) is 13.0. The van der Waals surface area contributed by atoms with Crippen LogP contribution in [0.4, 0.5) is 0 Å². The quantitative estimate of drug-likeness (QED) is 0.429. The molecule has 0 saturated carbocycles. The van der Waals surface area contributed by atoms with E-state index in [0.717, 1.165) is 0 Å². The molecule has 0 radical (unpaired) electrons. The highest BCUT2D eigenvalue weighted by Gasteiger charge is 2.44. The fourth-order valence-corrected chi connectivity index (χ4v) is 5.97. The summed E-state index contributed by atoms with van der Waals surface area (Å²) in [6.07, 6.45) is 0. The van der Waals surface area contributed by atoms with Gasteiger partial charge >= 0.3 is 14.8 Å². The summed E-state index contributed by atoms with van der Waals surface area (Å²) in [7, 11) is -2.71. The Morgan fingerprint density at radius 1 is 1.05 bits per heavy atom. The first-order valence-electron chi connectivity index (χ1n) is 7.16. The van der Waals surface area contributed by atoms with Crippen molar-refractivity contribution in [2.24, 2.45) is 5.92 Å². The van der Waals surface area contributed by atoms with E-state index in [1.807, 2.05) is 20.8 Å². The van der Waals surface area contributed by atoms with Gasteiger partial charge in [-0.3, -0.25) is 4.79 Å². The first-order valence-corrected chi connectivity index (χ1v) is 9.90. The monoisotopic (exact) mass is 324 g/mol. The highest BCUT2D eigenvalue weighted by molar-refractivity contribution is 7.95. The maximum Gasteiger partial charge on any atom is 0.502 e. The van der Waals surface area contributed by atoms with Gasteiger partial charge in [0.1, 0.15) is 0 Å². The van der Waals surface area contributed by atoms with Crippen LogP contribution in [0, 0.1) is 5.92 Å². The molecular weight excluding hydrogens is 296 g/mol. The van der Waals surface area contributed by atoms with Gasteiger partial charge in [0.15, 0.2) is 0 Å². The van der Waals surface area contributed by atoms with E-state index in [1.54, 1.807) is 0 Å². The highest BCUT2D eigenvalue weighted by atomic mass is 32.2. The van der Waals surface area contributed by atoms with Gasteiger partial charge in [0.05, 0.1) is 12.0 Å². The zero-order valence-electron chi connectivity index (χ0n) is 13.4. The Hall–Kier alpha value is -0.0831. The maximum atomic E-state index is 11.0. The predicted molar refractivity (Wildman–Crippen MR) is 83.4 cm³/mol. The molecule has 5 nitrogen and oxygen atoms in total. The fourth-order valence-electron chi connectivity index (χ4n) is 1.72. The third-order valence-corrected chi connectivity index (χ3v) is 7.29. The van der Waals surface area contributed by atoms with Gasteiger partial charge < -0.3 is 17.5 Å². The lowest BCUT2D eigenvalue weighted by molar-refractivity contribution is -0.130. The van der Waals surface area contributed by atoms with Crippen LogP contribution >= 0.6 is 12.0 Å². The molecule has 0 spiro atoms. The molecule has 0 aliphatic rings. The van der Waals surface area contributed by atoms with E-state index in [4.69, 9.17) is 17.5 Å². The lowest BCUT2D eigenvalue weighted by atomic mass is 10.1. The lowest BCUT2D eigenvalue weighted by Crippen LogP contribution is -2.48. The topological polar surface area (TPSA) is 54.0 Å². The second kappa shape index (κ2) is 10.6. The zero-order chi connectivity index (χ0) is 15.6. The molecule has 0 saturated heterocycles. The number of hydrogen-bond acceptors (Lipinski definition) is 6. The molecule has 0 rings (SSSR count). The van der Waals surface area contributed by atoms with E-state index < -0.39 is 8.80 Å². The third kappa shape index (κ3) is 7.63. The maximum absolute atomic E-state index is 11.0. The van der Waals surface area contributed by atoms with Gasteiger partial charge in [-0.2, -0.15) is 0 Å². The molecule has 0 aromatic rings. The predicted octanol–water partition coefficient (Wildman–Crippen LogP) is 3.27. The standard InChI is InChI=1S/C13H28O5SSi/c1-7-15-20(16-8-2,17-9-3)10-13(11(4)5)19-18-12(6)14/h11,13H,7-10H2,1-6H3. The van der Waals surface area contributed by atoms with Crippen molar-refractivity contribution >= 4 is 26.8 Å². The smallest absolute Gasteiger partial charge is 0.391 e. The van der Waals surface area contributed by atoms with E-state index in [9.17, 15) is 4.79 Å². The van der Waals surface area contributed by atoms with Crippen molar-refractivity contribution in [3.05, 3.63) is 0 Å². The zero-order valence-corrected chi connectivity index (χ0v) is 15.2. The van der Waals surface area contributed by atoms with Gasteiger partial charge in [-0.15, -0.1) is 0 Å². The molecule has 0 aliphatic heterocycles. The molecule has 0 N–H and O–H groups in total. The first kappa shape index (κ1) is 19.9. The molecule has 0 aromatic carbocycles. The van der Waals surface area contributed by atoms with Crippen LogP contribution in [0.1, 0.15) is 41.5 Å². The third-order valence-electron chi connectivity index (χ3n) is 2.58. The highest BCUT2D eigenvalue weighted by Crippen LogP contribution is 2.31. The second-order valence-electron chi connectivity index (χ2n) is 4.64. The summed E-state index contributed by atoms with van der Waals surface area (Å²) < 4.78 is 22.6. The fraction of sp³-hybridized carbons (Fsp3) is 0.923. The van der Waals surface area contributed by atoms with Gasteiger partial charge in [0.25, 0.3) is 0 Å². The second-order valence-corrected chi connectivity index (χ2v) is 8.24. The van der Waals surface area contributed by atoms with Crippen molar-refractivity contribution in [2.75, 3.05) is 19.8 Å². The summed E-state index contributed by atoms with van der Waals surface area (Å²) in [5.74, 6) is 0.0322. The van der Waals surface area contributed by atoms with Crippen LogP contribution in [0.25, 0.3) is 0 Å². The summed E-state index contributed by atoms with van der Waals surface area (Å²) in [4.78, 5) is 11.0. The van der Waals surface area contributed by atoms with Crippen LogP contribution in [0.5, 0.6) is 0 Å². The van der Waals surface area contributed by atoms with E-state index in [1.165, 1.54) is 19.0 Å². The Morgan fingerprint density at radius 3 is 1.80 bits per heavy atom. The normalized spacial score (nSPS) is 13.6. The van der Waals surface area contributed by atoms with Crippen LogP contribution in [-0.2, 0) is 22.3 Å². The summed E-state index contributed by atoms with van der Waals surface area (Å²) in [6, 6.07) is 0.637. The molecule has 7 heteroatoms. The molecule has 0 aliphatic carbocycles. The van der Waals surface area contributed by atoms with E-state index >= 15 is 0 Å². The van der Waals surface area contributed by atoms with Crippen LogP contribution in [-0.4, -0.2) is 39.8 Å². The average molecular weight is 325 g/mol. The Labute approximate surface area is 128 Å². The van der Waals surface area contributed by atoms with Crippen LogP contribution in [0.2, 0.25) is 6.04 Å². The lowest BCUT2D eigenvalue weighted by Gasteiger charge is -2.32. The van der Waals surface area contributed by atoms with Gasteiger partial charge in [-0.1, -0.05) is 13.8 Å². The van der Waals surface area contributed by atoms with Gasteiger partial charge in [0, 0.05) is 38.0 Å². The molecule has 0 heterocycles. The van der Waals surface area contributed by atoms with Crippen molar-refractivity contribution in [1.82, 2.24) is 0 Å². The Bertz CT molecular complexity index is 258. The molecule has 0 fully saturated rings. The minimum atomic E-state index is -2.71. The number of carbonyl (C=O) groups excluding carboxylic acids is 1. The van der Waals surface area contributed by atoms with Crippen LogP contribution in [0.3, 0.4) is 0 Å². The molecular formula is C13H28O5SSi. The molecule has 120 valence electrons. The van der Waals surface area contributed by atoms with Crippen LogP contribution in [0.15, 0.2) is 0 Å². The van der Waals surface area contributed by atoms with Gasteiger partial charge in [-0.25, -0.2) is 0 Å². The largest absolute Gasteiger partial charge is 0.502 e. The van der Waals surface area contributed by atoms with Gasteiger partial charge in [-0.05, 0) is 26.7 Å². The minimum absolute atomic E-state index is 0.0928. The molecule has 1 unspecified atom stereocenters. The van der Waals surface area contributed by atoms with Crippen LogP contribution < -0.4 is 0 Å². The van der Waals surface area contributed by atoms with Crippen molar-refractivity contribution < 1.29 is 22.3 Å². The Balaban J connectivity index is 4.88. The van der Waals surface area contributed by atoms with Crippen molar-refractivity contribution in [2.45, 2.75) is 52.8 Å². The van der Waals surface area contributed by atoms with Crippen molar-refractivity contribution in [3.8, 4) is 0 Å². The Kier molecular flexibility index (Phi) is 10.6. The summed E-state index contributed by atoms with van der Waals surface area (Å²) in [5.41, 5.74) is 0. The average Bonchev–Trinajstić information content (AvgIpc) is 2.35. The van der Waals surface area contributed by atoms with Gasteiger partial charge in [0.2, 0.25) is 0 Å².